The largest absolute Gasteiger partial charge is 0.487 e. The summed E-state index contributed by atoms with van der Waals surface area (Å²) in [5.74, 6) is -1.60. The van der Waals surface area contributed by atoms with Crippen LogP contribution in [0.15, 0.2) is 64.8 Å². The minimum absolute atomic E-state index is 0.207. The number of benzene rings is 2. The molecule has 0 aliphatic rings. The van der Waals surface area contributed by atoms with Crippen LogP contribution in [0.25, 0.3) is 0 Å². The van der Waals surface area contributed by atoms with E-state index in [1.165, 1.54) is 7.11 Å². The van der Waals surface area contributed by atoms with Gasteiger partial charge in [0.05, 0.1) is 18.9 Å². The second-order valence-electron chi connectivity index (χ2n) is 4.93. The van der Waals surface area contributed by atoms with E-state index in [4.69, 9.17) is 9.84 Å². The van der Waals surface area contributed by atoms with Crippen molar-refractivity contribution in [2.75, 3.05) is 12.4 Å². The molecular weight excluding hydrogens is 390 g/mol. The molecule has 2 aromatic carbocycles. The summed E-state index contributed by atoms with van der Waals surface area (Å²) in [4.78, 5) is 22.7. The molecule has 0 fully saturated rings. The van der Waals surface area contributed by atoms with E-state index in [2.05, 4.69) is 26.0 Å². The van der Waals surface area contributed by atoms with Gasteiger partial charge in [0.15, 0.2) is 0 Å². The number of aliphatic carboxylic acids is 1. The monoisotopic (exact) mass is 405 g/mol. The summed E-state index contributed by atoms with van der Waals surface area (Å²) in [6.45, 7) is 0.322. The van der Waals surface area contributed by atoms with Gasteiger partial charge in [-0.2, -0.15) is 0 Å². The molecule has 7 heteroatoms. The van der Waals surface area contributed by atoms with Gasteiger partial charge in [0, 0.05) is 4.47 Å². The van der Waals surface area contributed by atoms with Crippen LogP contribution in [-0.2, 0) is 20.9 Å². The van der Waals surface area contributed by atoms with Gasteiger partial charge in [0.1, 0.15) is 18.1 Å². The molecule has 0 saturated heterocycles. The quantitative estimate of drug-likeness (QED) is 0.540. The molecule has 6 nitrogen and oxygen atoms in total. The van der Waals surface area contributed by atoms with E-state index in [9.17, 15) is 9.59 Å². The first-order chi connectivity index (χ1) is 12.0. The highest BCUT2D eigenvalue weighted by molar-refractivity contribution is 9.10. The predicted molar refractivity (Wildman–Crippen MR) is 96.3 cm³/mol. The number of rotatable bonds is 7. The molecule has 0 amide bonds. The maximum Gasteiger partial charge on any atom is 0.354 e. The summed E-state index contributed by atoms with van der Waals surface area (Å²) in [7, 11) is 1.17. The van der Waals surface area contributed by atoms with Gasteiger partial charge in [-0.25, -0.2) is 9.59 Å². The number of carboxylic acid groups (broad SMARTS) is 1. The van der Waals surface area contributed by atoms with Gasteiger partial charge in [0.2, 0.25) is 0 Å². The molecule has 0 spiro atoms. The van der Waals surface area contributed by atoms with Crippen molar-refractivity contribution >= 4 is 33.6 Å². The van der Waals surface area contributed by atoms with Gasteiger partial charge < -0.3 is 19.9 Å². The summed E-state index contributed by atoms with van der Waals surface area (Å²) in [6.07, 6.45) is 0.745. The number of hydrogen-bond acceptors (Lipinski definition) is 5. The van der Waals surface area contributed by atoms with E-state index in [-0.39, 0.29) is 5.70 Å². The van der Waals surface area contributed by atoms with Crippen molar-refractivity contribution in [3.05, 3.63) is 70.3 Å². The number of hydrogen-bond donors (Lipinski definition) is 2. The first kappa shape index (κ1) is 18.5. The Bertz CT molecular complexity index is 789. The average Bonchev–Trinajstić information content (AvgIpc) is 2.61. The van der Waals surface area contributed by atoms with Crippen LogP contribution in [0.4, 0.5) is 5.69 Å². The van der Waals surface area contributed by atoms with Crippen LogP contribution in [0.1, 0.15) is 5.56 Å². The zero-order chi connectivity index (χ0) is 18.2. The molecular formula is C18H16BrNO5. The van der Waals surface area contributed by atoms with Crippen molar-refractivity contribution in [2.45, 2.75) is 6.61 Å². The highest BCUT2D eigenvalue weighted by atomic mass is 79.9. The molecule has 0 aliphatic heterocycles. The topological polar surface area (TPSA) is 84.9 Å². The first-order valence-corrected chi connectivity index (χ1v) is 8.05. The molecule has 0 saturated carbocycles. The van der Waals surface area contributed by atoms with Gasteiger partial charge in [-0.05, 0) is 23.8 Å². The zero-order valence-corrected chi connectivity index (χ0v) is 14.9. The lowest BCUT2D eigenvalue weighted by Crippen LogP contribution is -2.15. The number of halogens is 1. The Hall–Kier alpha value is -2.80. The van der Waals surface area contributed by atoms with Gasteiger partial charge in [-0.1, -0.05) is 46.3 Å². The molecule has 2 aromatic rings. The van der Waals surface area contributed by atoms with Crippen LogP contribution in [0.3, 0.4) is 0 Å². The minimum atomic E-state index is -1.27. The van der Waals surface area contributed by atoms with E-state index in [1.807, 2.05) is 30.3 Å². The van der Waals surface area contributed by atoms with Crippen LogP contribution in [0.2, 0.25) is 0 Å². The highest BCUT2D eigenvalue weighted by Crippen LogP contribution is 2.30. The molecule has 0 unspecified atom stereocenters. The number of carbonyl (C=O) groups is 2. The maximum absolute atomic E-state index is 11.7. The molecule has 0 atom stereocenters. The van der Waals surface area contributed by atoms with Crippen LogP contribution in [0, 0.1) is 0 Å². The second kappa shape index (κ2) is 8.89. The molecule has 130 valence electrons. The van der Waals surface area contributed by atoms with E-state index >= 15 is 0 Å². The smallest absolute Gasteiger partial charge is 0.354 e. The summed E-state index contributed by atoms with van der Waals surface area (Å²) >= 11 is 3.36. The molecule has 0 radical (unpaired) electrons. The number of ether oxygens (including phenoxy) is 2. The van der Waals surface area contributed by atoms with Crippen molar-refractivity contribution in [3.8, 4) is 5.75 Å². The molecule has 0 aliphatic carbocycles. The fraction of sp³-hybridized carbons (Fsp3) is 0.111. The Morgan fingerprint density at radius 1 is 1.20 bits per heavy atom. The van der Waals surface area contributed by atoms with Gasteiger partial charge >= 0.3 is 11.9 Å². The maximum atomic E-state index is 11.7. The summed E-state index contributed by atoms with van der Waals surface area (Å²) in [5.41, 5.74) is 1.21. The van der Waals surface area contributed by atoms with E-state index in [0.29, 0.717) is 18.0 Å². The average molecular weight is 406 g/mol. The van der Waals surface area contributed by atoms with Crippen molar-refractivity contribution in [1.29, 1.82) is 0 Å². The molecule has 2 rings (SSSR count). The molecule has 0 bridgehead atoms. The normalized spacial score (nSPS) is 10.9. The Morgan fingerprint density at radius 2 is 1.92 bits per heavy atom. The zero-order valence-electron chi connectivity index (χ0n) is 13.4. The van der Waals surface area contributed by atoms with Crippen molar-refractivity contribution in [1.82, 2.24) is 0 Å². The van der Waals surface area contributed by atoms with Crippen LogP contribution < -0.4 is 10.1 Å². The molecule has 0 heterocycles. The lowest BCUT2D eigenvalue weighted by Gasteiger charge is -2.15. The standard InChI is InChI=1S/C18H16BrNO5/c1-24-18(23)15(10-17(21)22)20-14-8-7-13(19)9-16(14)25-11-12-5-3-2-4-6-12/h2-10,20H,11H2,1H3,(H,21,22). The third kappa shape index (κ3) is 5.65. The molecule has 2 N–H and O–H groups in total. The van der Waals surface area contributed by atoms with E-state index < -0.39 is 11.9 Å². The SMILES string of the molecule is COC(=O)C(=CC(=O)O)Nc1ccc(Br)cc1OCc1ccccc1. The van der Waals surface area contributed by atoms with Gasteiger partial charge in [-0.3, -0.25) is 0 Å². The van der Waals surface area contributed by atoms with Crippen molar-refractivity contribution < 1.29 is 24.2 Å². The summed E-state index contributed by atoms with van der Waals surface area (Å²) in [6, 6.07) is 14.7. The number of nitrogens with one attached hydrogen (secondary N) is 1. The third-order valence-corrected chi connectivity index (χ3v) is 3.62. The number of methoxy groups -OCH3 is 1. The first-order valence-electron chi connectivity index (χ1n) is 7.26. The Kier molecular flexibility index (Phi) is 6.59. The van der Waals surface area contributed by atoms with Crippen LogP contribution >= 0.6 is 15.9 Å². The minimum Gasteiger partial charge on any atom is -0.487 e. The Morgan fingerprint density at radius 3 is 2.56 bits per heavy atom. The number of carboxylic acids is 1. The fourth-order valence-corrected chi connectivity index (χ4v) is 2.32. The van der Waals surface area contributed by atoms with Crippen LogP contribution in [-0.4, -0.2) is 24.2 Å². The number of esters is 1. The second-order valence-corrected chi connectivity index (χ2v) is 5.84. The summed E-state index contributed by atoms with van der Waals surface area (Å²) in [5, 5.41) is 11.7. The van der Waals surface area contributed by atoms with Gasteiger partial charge in [-0.15, -0.1) is 0 Å². The van der Waals surface area contributed by atoms with Crippen molar-refractivity contribution in [2.24, 2.45) is 0 Å². The lowest BCUT2D eigenvalue weighted by atomic mass is 10.2. The number of anilines is 1. The lowest BCUT2D eigenvalue weighted by molar-refractivity contribution is -0.137. The van der Waals surface area contributed by atoms with Gasteiger partial charge in [0.25, 0.3) is 0 Å². The summed E-state index contributed by atoms with van der Waals surface area (Å²) < 4.78 is 11.2. The number of carbonyl (C=O) groups excluding carboxylic acids is 1. The highest BCUT2D eigenvalue weighted by Gasteiger charge is 2.15. The van der Waals surface area contributed by atoms with E-state index in [0.717, 1.165) is 16.1 Å². The van der Waals surface area contributed by atoms with E-state index in [1.54, 1.807) is 18.2 Å². The van der Waals surface area contributed by atoms with Crippen LogP contribution in [0.5, 0.6) is 5.75 Å². The fourth-order valence-electron chi connectivity index (χ4n) is 1.98. The Balaban J connectivity index is 2.25. The molecule has 0 aromatic heterocycles. The predicted octanol–water partition coefficient (Wildman–Crippen LogP) is 3.58. The molecule has 25 heavy (non-hydrogen) atoms. The van der Waals surface area contributed by atoms with Crippen molar-refractivity contribution in [3.63, 3.8) is 0 Å². The third-order valence-electron chi connectivity index (χ3n) is 3.12. The Labute approximate surface area is 153 Å².